The molecule has 1 N–H and O–H groups in total. The second-order valence-electron chi connectivity index (χ2n) is 6.22. The van der Waals surface area contributed by atoms with E-state index in [2.05, 4.69) is 5.32 Å². The van der Waals surface area contributed by atoms with Gasteiger partial charge in [0.2, 0.25) is 10.0 Å². The van der Waals surface area contributed by atoms with Gasteiger partial charge in [0.25, 0.3) is 0 Å². The van der Waals surface area contributed by atoms with E-state index in [1.807, 2.05) is 13.8 Å². The molecule has 1 aromatic rings. The molecule has 0 aromatic heterocycles. The maximum absolute atomic E-state index is 12.9. The molecule has 0 saturated carbocycles. The van der Waals surface area contributed by atoms with Gasteiger partial charge in [-0.15, -0.1) is 0 Å². The minimum absolute atomic E-state index is 0.0406. The van der Waals surface area contributed by atoms with E-state index in [0.717, 1.165) is 6.07 Å². The number of hydrogen-bond donors (Lipinski definition) is 1. The number of halogens is 3. The quantitative estimate of drug-likeness (QED) is 0.769. The average molecular weight is 380 g/mol. The Morgan fingerprint density at radius 1 is 1.20 bits per heavy atom. The van der Waals surface area contributed by atoms with Gasteiger partial charge >= 0.3 is 6.18 Å². The molecule has 142 valence electrons. The van der Waals surface area contributed by atoms with Gasteiger partial charge in [-0.3, -0.25) is 0 Å². The van der Waals surface area contributed by atoms with Crippen molar-refractivity contribution in [3.8, 4) is 0 Å². The number of nitrogens with one attached hydrogen (secondary N) is 1. The third kappa shape index (κ3) is 5.67. The topological polar surface area (TPSA) is 58.6 Å². The van der Waals surface area contributed by atoms with Crippen LogP contribution < -0.4 is 5.32 Å². The fourth-order valence-corrected chi connectivity index (χ4v) is 4.40. The molecule has 1 heterocycles. The van der Waals surface area contributed by atoms with Gasteiger partial charge in [0, 0.05) is 26.2 Å². The van der Waals surface area contributed by atoms with Gasteiger partial charge in [0.05, 0.1) is 23.5 Å². The largest absolute Gasteiger partial charge is 0.416 e. The normalized spacial score (nSPS) is 22.9. The summed E-state index contributed by atoms with van der Waals surface area (Å²) in [4.78, 5) is 0. The Hall–Kier alpha value is -1.16. The van der Waals surface area contributed by atoms with E-state index in [1.54, 1.807) is 0 Å². The van der Waals surface area contributed by atoms with E-state index in [1.165, 1.54) is 22.5 Å². The van der Waals surface area contributed by atoms with Crippen molar-refractivity contribution in [3.63, 3.8) is 0 Å². The van der Waals surface area contributed by atoms with Gasteiger partial charge in [-0.1, -0.05) is 18.2 Å². The molecule has 1 fully saturated rings. The molecule has 2 unspecified atom stereocenters. The number of hydrogen-bond acceptors (Lipinski definition) is 4. The first-order valence-electron chi connectivity index (χ1n) is 8.08. The highest BCUT2D eigenvalue weighted by molar-refractivity contribution is 7.89. The van der Waals surface area contributed by atoms with Crippen molar-refractivity contribution in [2.24, 2.45) is 0 Å². The van der Waals surface area contributed by atoms with Crippen LogP contribution in [-0.4, -0.2) is 50.3 Å². The number of morpholine rings is 1. The van der Waals surface area contributed by atoms with Crippen molar-refractivity contribution in [2.75, 3.05) is 25.4 Å². The highest BCUT2D eigenvalue weighted by atomic mass is 32.2. The highest BCUT2D eigenvalue weighted by Crippen LogP contribution is 2.31. The van der Waals surface area contributed by atoms with Crippen molar-refractivity contribution in [1.82, 2.24) is 9.62 Å². The van der Waals surface area contributed by atoms with E-state index in [-0.39, 0.29) is 36.6 Å². The summed E-state index contributed by atoms with van der Waals surface area (Å²) in [5.41, 5.74) is -0.609. The Morgan fingerprint density at radius 3 is 2.40 bits per heavy atom. The van der Waals surface area contributed by atoms with Gasteiger partial charge < -0.3 is 10.1 Å². The molecule has 9 heteroatoms. The maximum atomic E-state index is 12.9. The van der Waals surface area contributed by atoms with Gasteiger partial charge in [-0.25, -0.2) is 8.42 Å². The van der Waals surface area contributed by atoms with Crippen LogP contribution in [0.3, 0.4) is 0 Å². The van der Waals surface area contributed by atoms with E-state index < -0.39 is 21.8 Å². The van der Waals surface area contributed by atoms with Crippen LogP contribution in [0, 0.1) is 0 Å². The molecule has 2 rings (SSSR count). The summed E-state index contributed by atoms with van der Waals surface area (Å²) in [5.74, 6) is -0.166. The molecule has 2 atom stereocenters. The van der Waals surface area contributed by atoms with Crippen LogP contribution in [-0.2, 0) is 27.5 Å². The summed E-state index contributed by atoms with van der Waals surface area (Å²) in [6.07, 6.45) is -4.78. The number of nitrogens with zero attached hydrogens (tertiary/aromatic N) is 1. The van der Waals surface area contributed by atoms with Crippen molar-refractivity contribution >= 4 is 10.0 Å². The molecule has 0 spiro atoms. The molecule has 0 bridgehead atoms. The number of benzene rings is 1. The molecule has 1 aliphatic rings. The Balaban J connectivity index is 1.89. The summed E-state index contributed by atoms with van der Waals surface area (Å²) in [7, 11) is -3.47. The third-order valence-electron chi connectivity index (χ3n) is 3.95. The van der Waals surface area contributed by atoms with Crippen molar-refractivity contribution in [1.29, 1.82) is 0 Å². The van der Waals surface area contributed by atoms with Crippen molar-refractivity contribution < 1.29 is 26.3 Å². The summed E-state index contributed by atoms with van der Waals surface area (Å²) >= 11 is 0. The molecule has 1 saturated heterocycles. The molecular weight excluding hydrogens is 357 g/mol. The smallest absolute Gasteiger partial charge is 0.373 e. The number of sulfonamides is 1. The molecule has 0 radical (unpaired) electrons. The molecule has 5 nitrogen and oxygen atoms in total. The lowest BCUT2D eigenvalue weighted by Crippen LogP contribution is -2.49. The zero-order chi connectivity index (χ0) is 18.7. The number of ether oxygens (including phenoxy) is 1. The average Bonchev–Trinajstić information content (AvgIpc) is 2.50. The van der Waals surface area contributed by atoms with Crippen molar-refractivity contribution in [2.45, 2.75) is 38.8 Å². The molecular formula is C16H23F3N2O3S. The minimum Gasteiger partial charge on any atom is -0.373 e. The van der Waals surface area contributed by atoms with Crippen molar-refractivity contribution in [3.05, 3.63) is 35.4 Å². The van der Waals surface area contributed by atoms with Crippen LogP contribution in [0.15, 0.2) is 24.3 Å². The fraction of sp³-hybridized carbons (Fsp3) is 0.625. The Bertz CT molecular complexity index is 669. The first kappa shape index (κ1) is 20.2. The van der Waals surface area contributed by atoms with Crippen LogP contribution in [0.5, 0.6) is 0 Å². The van der Waals surface area contributed by atoms with Gasteiger partial charge in [-0.05, 0) is 25.5 Å². The Morgan fingerprint density at radius 2 is 1.80 bits per heavy atom. The monoisotopic (exact) mass is 380 g/mol. The van der Waals surface area contributed by atoms with Gasteiger partial charge in [-0.2, -0.15) is 17.5 Å². The molecule has 0 aliphatic carbocycles. The predicted molar refractivity (Wildman–Crippen MR) is 88.5 cm³/mol. The summed E-state index contributed by atoms with van der Waals surface area (Å²) in [6, 6.07) is 5.26. The number of alkyl halides is 3. The van der Waals surface area contributed by atoms with Gasteiger partial charge in [0.15, 0.2) is 0 Å². The Labute approximate surface area is 146 Å². The minimum atomic E-state index is -4.43. The SMILES string of the molecule is CC1CN(S(=O)(=O)CCNCc2ccccc2C(F)(F)F)CC(C)O1. The second kappa shape index (κ2) is 8.03. The van der Waals surface area contributed by atoms with Gasteiger partial charge in [0.1, 0.15) is 0 Å². The lowest BCUT2D eigenvalue weighted by molar-refractivity contribution is -0.138. The standard InChI is InChI=1S/C16H23F3N2O3S/c1-12-10-21(11-13(2)24-12)25(22,23)8-7-20-9-14-5-3-4-6-15(14)16(17,18)19/h3-6,12-13,20H,7-11H2,1-2H3. The molecule has 0 amide bonds. The summed E-state index contributed by atoms with van der Waals surface area (Å²) in [5, 5.41) is 2.79. The summed E-state index contributed by atoms with van der Waals surface area (Å²) < 4.78 is 70.4. The first-order chi connectivity index (χ1) is 11.6. The highest BCUT2D eigenvalue weighted by Gasteiger charge is 2.33. The fourth-order valence-electron chi connectivity index (χ4n) is 2.86. The summed E-state index contributed by atoms with van der Waals surface area (Å²) in [6.45, 7) is 4.25. The van der Waals surface area contributed by atoms with E-state index in [4.69, 9.17) is 4.74 Å². The lowest BCUT2D eigenvalue weighted by Gasteiger charge is -2.34. The van der Waals surface area contributed by atoms with Crippen LogP contribution in [0.4, 0.5) is 13.2 Å². The van der Waals surface area contributed by atoms with E-state index >= 15 is 0 Å². The molecule has 25 heavy (non-hydrogen) atoms. The zero-order valence-electron chi connectivity index (χ0n) is 14.2. The second-order valence-corrected chi connectivity index (χ2v) is 8.31. The molecule has 1 aliphatic heterocycles. The van der Waals surface area contributed by atoms with Crippen LogP contribution >= 0.6 is 0 Å². The van der Waals surface area contributed by atoms with E-state index in [0.29, 0.717) is 13.1 Å². The maximum Gasteiger partial charge on any atom is 0.416 e. The van der Waals surface area contributed by atoms with Crippen LogP contribution in [0.2, 0.25) is 0 Å². The lowest BCUT2D eigenvalue weighted by atomic mass is 10.1. The first-order valence-corrected chi connectivity index (χ1v) is 9.69. The molecule has 1 aromatic carbocycles. The zero-order valence-corrected chi connectivity index (χ0v) is 15.0. The predicted octanol–water partition coefficient (Wildman–Crippen LogP) is 2.23. The number of rotatable bonds is 6. The van der Waals surface area contributed by atoms with Crippen LogP contribution in [0.1, 0.15) is 25.0 Å². The van der Waals surface area contributed by atoms with E-state index in [9.17, 15) is 21.6 Å². The third-order valence-corrected chi connectivity index (χ3v) is 5.76. The van der Waals surface area contributed by atoms with Crippen LogP contribution in [0.25, 0.3) is 0 Å². The Kier molecular flexibility index (Phi) is 6.47.